The third-order valence-corrected chi connectivity index (χ3v) is 10.6. The van der Waals surface area contributed by atoms with E-state index < -0.39 is 58.2 Å². The summed E-state index contributed by atoms with van der Waals surface area (Å²) in [5, 5.41) is 12.1. The van der Waals surface area contributed by atoms with Crippen molar-refractivity contribution in [2.45, 2.75) is 95.7 Å². The molecule has 6 rings (SSSR count). The largest absolute Gasteiger partial charge is 0.455 e. The molecular formula is C29H36O9. The number of hydrogen-bond acceptors (Lipinski definition) is 9. The van der Waals surface area contributed by atoms with E-state index in [-0.39, 0.29) is 36.6 Å². The summed E-state index contributed by atoms with van der Waals surface area (Å²) >= 11 is 0. The van der Waals surface area contributed by atoms with Gasteiger partial charge in [-0.25, -0.2) is 4.79 Å². The quantitative estimate of drug-likeness (QED) is 0.334. The molecule has 1 unspecified atom stereocenters. The molecule has 2 spiro atoms. The first-order valence-electron chi connectivity index (χ1n) is 13.7. The number of ether oxygens (including phenoxy) is 4. The van der Waals surface area contributed by atoms with Gasteiger partial charge in [-0.05, 0) is 75.9 Å². The zero-order valence-electron chi connectivity index (χ0n) is 22.5. The van der Waals surface area contributed by atoms with Crippen molar-refractivity contribution in [1.29, 1.82) is 0 Å². The molecule has 206 valence electrons. The van der Waals surface area contributed by atoms with E-state index in [1.165, 1.54) is 0 Å². The number of hydrogen-bond donors (Lipinski definition) is 1. The van der Waals surface area contributed by atoms with Gasteiger partial charge < -0.3 is 28.8 Å². The number of carbonyl (C=O) groups is 4. The van der Waals surface area contributed by atoms with Gasteiger partial charge in [0.25, 0.3) is 0 Å². The molecule has 1 N–H and O–H groups in total. The van der Waals surface area contributed by atoms with Gasteiger partial charge in [-0.1, -0.05) is 13.8 Å². The number of aldehydes is 1. The summed E-state index contributed by atoms with van der Waals surface area (Å²) in [4.78, 5) is 50.5. The fourth-order valence-electron chi connectivity index (χ4n) is 8.79. The van der Waals surface area contributed by atoms with E-state index in [0.29, 0.717) is 30.6 Å². The third-order valence-electron chi connectivity index (χ3n) is 10.6. The van der Waals surface area contributed by atoms with Gasteiger partial charge in [-0.3, -0.25) is 9.59 Å². The molecule has 9 heteroatoms. The molecular weight excluding hydrogens is 492 g/mol. The predicted octanol–water partition coefficient (Wildman–Crippen LogP) is 2.79. The number of cyclic esters (lactones) is 1. The molecule has 4 aliphatic heterocycles. The SMILES string of the molecule is CC1=C/C(=C/[C@H](C)[C@@H]2[C@@H]3C(=O)O[C@@]4(CC[C@]23C)C(O)[C@@]23OC(=O)C[C@H]2OC(C)(C)[C@@H]3CC[C@H]4C=O)OC1=O. The molecule has 0 bridgehead atoms. The summed E-state index contributed by atoms with van der Waals surface area (Å²) in [6, 6.07) is 0. The van der Waals surface area contributed by atoms with Crippen molar-refractivity contribution in [3.05, 3.63) is 23.5 Å². The van der Waals surface area contributed by atoms with Gasteiger partial charge >= 0.3 is 17.9 Å². The highest BCUT2D eigenvalue weighted by Gasteiger charge is 2.77. The highest BCUT2D eigenvalue weighted by molar-refractivity contribution is 5.92. The Balaban J connectivity index is 1.33. The van der Waals surface area contributed by atoms with Crippen LogP contribution in [0.2, 0.25) is 0 Å². The molecule has 4 heterocycles. The number of esters is 3. The van der Waals surface area contributed by atoms with Gasteiger partial charge in [0.15, 0.2) is 11.2 Å². The first kappa shape index (κ1) is 25.7. The van der Waals surface area contributed by atoms with E-state index in [1.54, 1.807) is 13.0 Å². The minimum absolute atomic E-state index is 0.0138. The molecule has 10 atom stereocenters. The van der Waals surface area contributed by atoms with Crippen molar-refractivity contribution in [3.63, 3.8) is 0 Å². The predicted molar refractivity (Wildman–Crippen MR) is 131 cm³/mol. The first-order chi connectivity index (χ1) is 17.8. The lowest BCUT2D eigenvalue weighted by Gasteiger charge is -2.46. The van der Waals surface area contributed by atoms with Gasteiger partial charge in [0.05, 0.1) is 23.9 Å². The molecule has 0 aromatic carbocycles. The third kappa shape index (κ3) is 3.24. The Kier molecular flexibility index (Phi) is 5.42. The lowest BCUT2D eigenvalue weighted by atomic mass is 9.68. The minimum atomic E-state index is -1.51. The summed E-state index contributed by atoms with van der Waals surface area (Å²) in [6.45, 7) is 9.57. The number of allylic oxidation sites excluding steroid dienone is 2. The van der Waals surface area contributed by atoms with E-state index in [4.69, 9.17) is 18.9 Å². The molecule has 9 nitrogen and oxygen atoms in total. The van der Waals surface area contributed by atoms with Crippen LogP contribution in [0.15, 0.2) is 23.5 Å². The van der Waals surface area contributed by atoms with Crippen LogP contribution < -0.4 is 0 Å². The second-order valence-electron chi connectivity index (χ2n) is 13.0. The molecule has 0 amide bonds. The van der Waals surface area contributed by atoms with Crippen molar-refractivity contribution in [1.82, 2.24) is 0 Å². The molecule has 5 fully saturated rings. The monoisotopic (exact) mass is 528 g/mol. The van der Waals surface area contributed by atoms with Crippen LogP contribution in [0, 0.1) is 35.0 Å². The van der Waals surface area contributed by atoms with Crippen molar-refractivity contribution < 1.29 is 43.2 Å². The Bertz CT molecular complexity index is 1180. The molecule has 0 radical (unpaired) electrons. The highest BCUT2D eigenvalue weighted by Crippen LogP contribution is 2.69. The number of aliphatic hydroxyl groups excluding tert-OH is 1. The summed E-state index contributed by atoms with van der Waals surface area (Å²) in [6.07, 6.45) is 4.00. The second-order valence-corrected chi connectivity index (χ2v) is 13.0. The van der Waals surface area contributed by atoms with Gasteiger partial charge in [0, 0.05) is 11.5 Å². The Hall–Kier alpha value is -2.52. The Labute approximate surface area is 221 Å². The van der Waals surface area contributed by atoms with Crippen LogP contribution in [0.1, 0.15) is 66.7 Å². The zero-order chi connectivity index (χ0) is 27.4. The summed E-state index contributed by atoms with van der Waals surface area (Å²) in [5.41, 5.74) is -3.44. The number of aliphatic hydroxyl groups is 1. The summed E-state index contributed by atoms with van der Waals surface area (Å²) in [5.74, 6) is -2.40. The molecule has 0 aromatic rings. The topological polar surface area (TPSA) is 125 Å². The normalized spacial score (nSPS) is 48.6. The van der Waals surface area contributed by atoms with Crippen molar-refractivity contribution >= 4 is 24.2 Å². The van der Waals surface area contributed by atoms with E-state index >= 15 is 0 Å². The van der Waals surface area contributed by atoms with Crippen LogP contribution in [0.3, 0.4) is 0 Å². The van der Waals surface area contributed by atoms with Crippen LogP contribution in [-0.4, -0.2) is 58.3 Å². The Morgan fingerprint density at radius 3 is 2.50 bits per heavy atom. The van der Waals surface area contributed by atoms with E-state index in [2.05, 4.69) is 0 Å². The van der Waals surface area contributed by atoms with Gasteiger partial charge in [-0.2, -0.15) is 0 Å². The average Bonchev–Trinajstić information content (AvgIpc) is 3.13. The molecule has 38 heavy (non-hydrogen) atoms. The first-order valence-corrected chi connectivity index (χ1v) is 13.7. The van der Waals surface area contributed by atoms with Crippen LogP contribution in [0.25, 0.3) is 0 Å². The zero-order valence-corrected chi connectivity index (χ0v) is 22.5. The van der Waals surface area contributed by atoms with Crippen molar-refractivity contribution in [2.24, 2.45) is 35.0 Å². The van der Waals surface area contributed by atoms with Gasteiger partial charge in [0.2, 0.25) is 0 Å². The maximum absolute atomic E-state index is 13.8. The molecule has 0 aromatic heterocycles. The second kappa shape index (κ2) is 8.01. The highest BCUT2D eigenvalue weighted by atomic mass is 16.6. The summed E-state index contributed by atoms with van der Waals surface area (Å²) in [7, 11) is 0. The standard InChI is InChI=1S/C29H36O9/c1-14(10-17-11-15(2)23(32)35-17)21-22-24(33)38-28(9-8-27(21,22)5)16(13-30)6-7-18-26(3,4)36-19-12-20(31)37-29(18,19)25(28)34/h10-11,13-14,16,18-19,21-22,25,34H,6-9,12H2,1-5H3/b17-10-/t14-,16-,18-,19+,21+,22+,25?,27+,28+,29-/m0/s1. The van der Waals surface area contributed by atoms with Crippen LogP contribution >= 0.6 is 0 Å². The molecule has 2 aliphatic carbocycles. The van der Waals surface area contributed by atoms with Crippen molar-refractivity contribution in [2.75, 3.05) is 0 Å². The summed E-state index contributed by atoms with van der Waals surface area (Å²) < 4.78 is 23.8. The molecule has 3 saturated heterocycles. The number of rotatable bonds is 3. The lowest BCUT2D eigenvalue weighted by Crippen LogP contribution is -2.65. The van der Waals surface area contributed by atoms with Crippen LogP contribution in [0.5, 0.6) is 0 Å². The van der Waals surface area contributed by atoms with Gasteiger partial charge in [0.1, 0.15) is 24.3 Å². The van der Waals surface area contributed by atoms with E-state index in [9.17, 15) is 24.3 Å². The fraction of sp³-hybridized carbons (Fsp3) is 0.724. The van der Waals surface area contributed by atoms with E-state index in [0.717, 1.165) is 6.29 Å². The lowest BCUT2D eigenvalue weighted by molar-refractivity contribution is -0.223. The minimum Gasteiger partial charge on any atom is -0.455 e. The maximum Gasteiger partial charge on any atom is 0.339 e. The van der Waals surface area contributed by atoms with Gasteiger partial charge in [-0.15, -0.1) is 0 Å². The Morgan fingerprint density at radius 2 is 1.84 bits per heavy atom. The smallest absolute Gasteiger partial charge is 0.339 e. The number of carbonyl (C=O) groups excluding carboxylic acids is 4. The van der Waals surface area contributed by atoms with E-state index in [1.807, 2.05) is 33.8 Å². The maximum atomic E-state index is 13.8. The molecule has 6 aliphatic rings. The Morgan fingerprint density at radius 1 is 1.11 bits per heavy atom. The fourth-order valence-corrected chi connectivity index (χ4v) is 8.79. The number of fused-ring (bicyclic) bond motifs is 1. The van der Waals surface area contributed by atoms with Crippen LogP contribution in [0.4, 0.5) is 0 Å². The van der Waals surface area contributed by atoms with Crippen LogP contribution in [-0.2, 0) is 38.1 Å². The molecule has 2 saturated carbocycles. The van der Waals surface area contributed by atoms with Crippen molar-refractivity contribution in [3.8, 4) is 0 Å². The average molecular weight is 529 g/mol.